The molecule has 1 aromatic heterocycles. The monoisotopic (exact) mass is 460 g/mol. The van der Waals surface area contributed by atoms with E-state index < -0.39 is 5.97 Å². The third-order valence-electron chi connectivity index (χ3n) is 4.32. The summed E-state index contributed by atoms with van der Waals surface area (Å²) in [5.74, 6) is 0.525. The van der Waals surface area contributed by atoms with Gasteiger partial charge in [-0.05, 0) is 43.3 Å². The topological polar surface area (TPSA) is 97.5 Å². The first-order valence-corrected chi connectivity index (χ1v) is 11.0. The van der Waals surface area contributed by atoms with Crippen molar-refractivity contribution >= 4 is 51.8 Å². The predicted octanol–water partition coefficient (Wildman–Crippen LogP) is 4.24. The van der Waals surface area contributed by atoms with Gasteiger partial charge in [0, 0.05) is 34.1 Å². The number of thioether (sulfide) groups is 1. The summed E-state index contributed by atoms with van der Waals surface area (Å²) < 4.78 is 10.1. The van der Waals surface area contributed by atoms with Crippen LogP contribution in [-0.4, -0.2) is 36.3 Å². The molecule has 31 heavy (non-hydrogen) atoms. The van der Waals surface area contributed by atoms with Crippen LogP contribution in [0.5, 0.6) is 5.75 Å². The number of nitrogens with one attached hydrogen (secondary N) is 2. The van der Waals surface area contributed by atoms with Gasteiger partial charge >= 0.3 is 5.97 Å². The van der Waals surface area contributed by atoms with Crippen LogP contribution in [0, 0.1) is 0 Å². The van der Waals surface area contributed by atoms with Crippen molar-refractivity contribution in [3.8, 4) is 5.75 Å². The number of pyridine rings is 1. The zero-order valence-corrected chi connectivity index (χ0v) is 18.6. The summed E-state index contributed by atoms with van der Waals surface area (Å²) in [4.78, 5) is 39.7. The smallest absolute Gasteiger partial charge is 0.338 e. The number of benzene rings is 2. The van der Waals surface area contributed by atoms with Crippen LogP contribution >= 0.6 is 23.4 Å². The Labute approximate surface area is 188 Å². The second kappa shape index (κ2) is 10.4. The van der Waals surface area contributed by atoms with Gasteiger partial charge in [-0.1, -0.05) is 11.6 Å². The first-order chi connectivity index (χ1) is 14.9. The van der Waals surface area contributed by atoms with E-state index in [-0.39, 0.29) is 23.7 Å². The molecular weight excluding hydrogens is 440 g/mol. The van der Waals surface area contributed by atoms with Gasteiger partial charge in [0.2, 0.25) is 5.91 Å². The number of amides is 1. The highest BCUT2D eigenvalue weighted by Crippen LogP contribution is 2.27. The minimum Gasteiger partial charge on any atom is -0.495 e. The van der Waals surface area contributed by atoms with Crippen LogP contribution in [0.3, 0.4) is 0 Å². The van der Waals surface area contributed by atoms with Crippen LogP contribution in [0.25, 0.3) is 10.9 Å². The van der Waals surface area contributed by atoms with Gasteiger partial charge in [-0.3, -0.25) is 9.59 Å². The number of hydrogen-bond donors (Lipinski definition) is 2. The average molecular weight is 461 g/mol. The van der Waals surface area contributed by atoms with E-state index in [0.717, 1.165) is 0 Å². The number of carbonyl (C=O) groups is 2. The maximum absolute atomic E-state index is 12.5. The Hall–Kier alpha value is -2.97. The summed E-state index contributed by atoms with van der Waals surface area (Å²) in [6.07, 6.45) is 0. The van der Waals surface area contributed by atoms with Crippen molar-refractivity contribution in [2.75, 3.05) is 24.8 Å². The van der Waals surface area contributed by atoms with Crippen molar-refractivity contribution < 1.29 is 19.1 Å². The second-order valence-electron chi connectivity index (χ2n) is 6.53. The number of fused-ring (bicyclic) bond motifs is 1. The molecule has 2 N–H and O–H groups in total. The normalized spacial score (nSPS) is 10.7. The van der Waals surface area contributed by atoms with Gasteiger partial charge in [-0.25, -0.2) is 4.79 Å². The fraction of sp³-hybridized carbons (Fsp3) is 0.227. The zero-order chi connectivity index (χ0) is 22.4. The molecule has 0 fully saturated rings. The van der Waals surface area contributed by atoms with Crippen LogP contribution in [0.4, 0.5) is 5.69 Å². The number of halogens is 1. The molecule has 3 rings (SSSR count). The minimum atomic E-state index is -0.465. The van der Waals surface area contributed by atoms with E-state index in [9.17, 15) is 14.4 Å². The van der Waals surface area contributed by atoms with Crippen molar-refractivity contribution in [3.63, 3.8) is 0 Å². The Bertz CT molecular complexity index is 1180. The number of hydrogen-bond acceptors (Lipinski definition) is 6. The molecular formula is C22H21ClN2O5S. The highest BCUT2D eigenvalue weighted by Gasteiger charge is 2.11. The van der Waals surface area contributed by atoms with Crippen LogP contribution in [-0.2, 0) is 15.3 Å². The van der Waals surface area contributed by atoms with Gasteiger partial charge in [0.25, 0.3) is 0 Å². The van der Waals surface area contributed by atoms with E-state index in [1.165, 1.54) is 31.0 Å². The summed E-state index contributed by atoms with van der Waals surface area (Å²) >= 11 is 7.43. The Morgan fingerprint density at radius 3 is 2.68 bits per heavy atom. The van der Waals surface area contributed by atoms with Gasteiger partial charge in [0.15, 0.2) is 5.43 Å². The lowest BCUT2D eigenvalue weighted by molar-refractivity contribution is -0.113. The Morgan fingerprint density at radius 2 is 1.97 bits per heavy atom. The molecule has 7 nitrogen and oxygen atoms in total. The lowest BCUT2D eigenvalue weighted by atomic mass is 10.1. The van der Waals surface area contributed by atoms with E-state index in [4.69, 9.17) is 21.1 Å². The van der Waals surface area contributed by atoms with Gasteiger partial charge in [-0.2, -0.15) is 0 Å². The minimum absolute atomic E-state index is 0.187. The maximum atomic E-state index is 12.5. The zero-order valence-electron chi connectivity index (χ0n) is 17.0. The number of methoxy groups -OCH3 is 1. The van der Waals surface area contributed by atoms with Crippen LogP contribution in [0.15, 0.2) is 47.3 Å². The maximum Gasteiger partial charge on any atom is 0.338 e. The molecule has 0 radical (unpaired) electrons. The largest absolute Gasteiger partial charge is 0.495 e. The van der Waals surface area contributed by atoms with E-state index in [0.29, 0.717) is 44.4 Å². The summed E-state index contributed by atoms with van der Waals surface area (Å²) in [6.45, 7) is 1.99. The number of carbonyl (C=O) groups excluding carboxylic acids is 2. The van der Waals surface area contributed by atoms with E-state index in [1.807, 2.05) is 0 Å². The third-order valence-corrected chi connectivity index (χ3v) is 5.60. The van der Waals surface area contributed by atoms with Gasteiger partial charge in [-0.15, -0.1) is 11.8 Å². The molecule has 0 aliphatic heterocycles. The molecule has 0 bridgehead atoms. The number of rotatable bonds is 8. The number of anilines is 1. The fourth-order valence-electron chi connectivity index (χ4n) is 2.92. The lowest BCUT2D eigenvalue weighted by Crippen LogP contribution is -2.14. The number of aromatic nitrogens is 1. The molecule has 0 unspecified atom stereocenters. The standard InChI is InChI=1S/C22H21ClN2O5S/c1-3-30-22(28)13-4-6-18-16(8-13)19(26)10-15(24-18)11-31-12-21(27)25-14-5-7-20(29-2)17(23)9-14/h4-10H,3,11-12H2,1-2H3,(H,24,26)(H,25,27). The first kappa shape index (κ1) is 22.7. The lowest BCUT2D eigenvalue weighted by Gasteiger charge is -2.09. The number of aromatic amines is 1. The van der Waals surface area contributed by atoms with E-state index >= 15 is 0 Å². The van der Waals surface area contributed by atoms with Gasteiger partial charge in [0.1, 0.15) is 5.75 Å². The quantitative estimate of drug-likeness (QED) is 0.488. The molecule has 0 spiro atoms. The van der Waals surface area contributed by atoms with Gasteiger partial charge < -0.3 is 19.8 Å². The van der Waals surface area contributed by atoms with Crippen molar-refractivity contribution in [1.29, 1.82) is 0 Å². The highest BCUT2D eigenvalue weighted by molar-refractivity contribution is 7.99. The molecule has 1 amide bonds. The molecule has 162 valence electrons. The van der Waals surface area contributed by atoms with Crippen molar-refractivity contribution in [3.05, 3.63) is 69.0 Å². The number of esters is 1. The molecule has 2 aromatic carbocycles. The molecule has 0 aliphatic carbocycles. The number of ether oxygens (including phenoxy) is 2. The Morgan fingerprint density at radius 1 is 1.16 bits per heavy atom. The third kappa shape index (κ3) is 5.80. The van der Waals surface area contributed by atoms with Crippen LogP contribution in [0.2, 0.25) is 5.02 Å². The highest BCUT2D eigenvalue weighted by atomic mass is 35.5. The predicted molar refractivity (Wildman–Crippen MR) is 123 cm³/mol. The summed E-state index contributed by atoms with van der Waals surface area (Å²) in [6, 6.07) is 11.3. The summed E-state index contributed by atoms with van der Waals surface area (Å²) in [7, 11) is 1.52. The molecule has 0 atom stereocenters. The summed E-state index contributed by atoms with van der Waals surface area (Å²) in [5, 5.41) is 3.59. The Kier molecular flexibility index (Phi) is 7.59. The number of H-pyrrole nitrogens is 1. The molecule has 1 heterocycles. The van der Waals surface area contributed by atoms with Crippen molar-refractivity contribution in [1.82, 2.24) is 4.98 Å². The van der Waals surface area contributed by atoms with E-state index in [1.54, 1.807) is 37.3 Å². The van der Waals surface area contributed by atoms with E-state index in [2.05, 4.69) is 10.3 Å². The molecule has 3 aromatic rings. The SMILES string of the molecule is CCOC(=O)c1ccc2[nH]c(CSCC(=O)Nc3ccc(OC)c(Cl)c3)cc(=O)c2c1. The summed E-state index contributed by atoms with van der Waals surface area (Å²) in [5.41, 5.74) is 2.01. The molecule has 0 aliphatic rings. The molecule has 0 saturated heterocycles. The van der Waals surface area contributed by atoms with Gasteiger partial charge in [0.05, 0.1) is 30.1 Å². The van der Waals surface area contributed by atoms with Crippen LogP contribution < -0.4 is 15.5 Å². The first-order valence-electron chi connectivity index (χ1n) is 9.45. The molecule has 0 saturated carbocycles. The average Bonchev–Trinajstić information content (AvgIpc) is 2.74. The van der Waals surface area contributed by atoms with Crippen molar-refractivity contribution in [2.45, 2.75) is 12.7 Å². The van der Waals surface area contributed by atoms with Crippen molar-refractivity contribution in [2.24, 2.45) is 0 Å². The Balaban J connectivity index is 1.61. The molecule has 9 heteroatoms. The van der Waals surface area contributed by atoms with Crippen LogP contribution in [0.1, 0.15) is 23.0 Å². The second-order valence-corrected chi connectivity index (χ2v) is 7.92. The fourth-order valence-corrected chi connectivity index (χ4v) is 3.91.